The predicted octanol–water partition coefficient (Wildman–Crippen LogP) is 3.82. The van der Waals surface area contributed by atoms with Crippen LogP contribution in [0.2, 0.25) is 0 Å². The van der Waals surface area contributed by atoms with Gasteiger partial charge in [0.2, 0.25) is 0 Å². The summed E-state index contributed by atoms with van der Waals surface area (Å²) in [6.07, 6.45) is 5.39. The number of rotatable bonds is 2. The molecule has 0 unspecified atom stereocenters. The highest BCUT2D eigenvalue weighted by atomic mass is 32.1. The number of thiophene rings is 1. The normalized spacial score (nSPS) is 10.9. The zero-order valence-electron chi connectivity index (χ0n) is 11.0. The van der Waals surface area contributed by atoms with Gasteiger partial charge in [-0.15, -0.1) is 11.3 Å². The topological polar surface area (TPSA) is 51.6 Å². The molecule has 0 aliphatic heterocycles. The average molecular weight is 290 g/mol. The minimum Gasteiger partial charge on any atom is -0.256 e. The number of nitrogens with zero attached hydrogens (tertiary/aromatic N) is 4. The van der Waals surface area contributed by atoms with Gasteiger partial charge in [0.05, 0.1) is 5.69 Å². The summed E-state index contributed by atoms with van der Waals surface area (Å²) in [5.74, 6) is 0.650. The molecule has 0 N–H and O–H groups in total. The number of pyridine rings is 2. The van der Waals surface area contributed by atoms with E-state index in [-0.39, 0.29) is 0 Å². The van der Waals surface area contributed by atoms with Crippen molar-refractivity contribution in [3.63, 3.8) is 0 Å². The summed E-state index contributed by atoms with van der Waals surface area (Å²) < 4.78 is 0. The molecule has 0 bridgehead atoms. The number of fused-ring (bicyclic) bond motifs is 1. The van der Waals surface area contributed by atoms with E-state index in [2.05, 4.69) is 25.3 Å². The lowest BCUT2D eigenvalue weighted by Gasteiger charge is -2.00. The van der Waals surface area contributed by atoms with Crippen LogP contribution in [0.25, 0.3) is 33.0 Å². The van der Waals surface area contributed by atoms with Gasteiger partial charge in [0.15, 0.2) is 5.82 Å². The maximum Gasteiger partial charge on any atom is 0.179 e. The summed E-state index contributed by atoms with van der Waals surface area (Å²) in [6.45, 7) is 0. The fourth-order valence-electron chi connectivity index (χ4n) is 2.16. The van der Waals surface area contributed by atoms with Crippen LogP contribution < -0.4 is 0 Å². The lowest BCUT2D eigenvalue weighted by molar-refractivity contribution is 1.18. The quantitative estimate of drug-likeness (QED) is 0.563. The first-order valence-electron chi connectivity index (χ1n) is 6.49. The molecule has 0 amide bonds. The Bertz CT molecular complexity index is 888. The van der Waals surface area contributed by atoms with Gasteiger partial charge >= 0.3 is 0 Å². The molecule has 4 aromatic rings. The van der Waals surface area contributed by atoms with E-state index in [0.29, 0.717) is 5.82 Å². The van der Waals surface area contributed by atoms with E-state index in [1.54, 1.807) is 23.7 Å². The zero-order chi connectivity index (χ0) is 14.1. The fourth-order valence-corrected chi connectivity index (χ4v) is 3.06. The minimum atomic E-state index is 0.650. The van der Waals surface area contributed by atoms with Crippen molar-refractivity contribution in [3.8, 4) is 22.8 Å². The van der Waals surface area contributed by atoms with Crippen molar-refractivity contribution >= 4 is 21.6 Å². The summed E-state index contributed by atoms with van der Waals surface area (Å²) >= 11 is 1.60. The molecule has 0 fully saturated rings. The first-order chi connectivity index (χ1) is 10.4. The van der Waals surface area contributed by atoms with Crippen molar-refractivity contribution in [3.05, 3.63) is 60.4 Å². The second kappa shape index (κ2) is 5.03. The molecule has 21 heavy (non-hydrogen) atoms. The molecule has 0 radical (unpaired) electrons. The molecule has 4 nitrogen and oxygen atoms in total. The van der Waals surface area contributed by atoms with Gasteiger partial charge in [0.1, 0.15) is 10.5 Å². The van der Waals surface area contributed by atoms with Crippen LogP contribution in [0.5, 0.6) is 0 Å². The summed E-state index contributed by atoms with van der Waals surface area (Å²) in [4.78, 5) is 18.7. The maximum absolute atomic E-state index is 4.61. The van der Waals surface area contributed by atoms with Gasteiger partial charge in [-0.05, 0) is 24.3 Å². The molecule has 0 aromatic carbocycles. The van der Waals surface area contributed by atoms with E-state index in [1.807, 2.05) is 42.6 Å². The van der Waals surface area contributed by atoms with Crippen LogP contribution in [-0.2, 0) is 0 Å². The van der Waals surface area contributed by atoms with Gasteiger partial charge < -0.3 is 0 Å². The lowest BCUT2D eigenvalue weighted by Crippen LogP contribution is -1.90. The Labute approximate surface area is 125 Å². The average Bonchev–Trinajstić information content (AvgIpc) is 2.99. The Morgan fingerprint density at radius 3 is 2.29 bits per heavy atom. The third kappa shape index (κ3) is 2.17. The third-order valence-corrected chi connectivity index (χ3v) is 4.06. The number of aromatic nitrogens is 4. The van der Waals surface area contributed by atoms with Gasteiger partial charge in [-0.3, -0.25) is 9.97 Å². The molecule has 4 rings (SSSR count). The van der Waals surface area contributed by atoms with Crippen LogP contribution in [0, 0.1) is 0 Å². The van der Waals surface area contributed by atoms with E-state index in [4.69, 9.17) is 0 Å². The number of hydrogen-bond donors (Lipinski definition) is 0. The van der Waals surface area contributed by atoms with Crippen molar-refractivity contribution in [1.29, 1.82) is 0 Å². The molecule has 4 aromatic heterocycles. The van der Waals surface area contributed by atoms with Gasteiger partial charge in [-0.2, -0.15) is 0 Å². The second-order valence-corrected chi connectivity index (χ2v) is 5.35. The Hall–Kier alpha value is -2.66. The molecule has 0 atom stereocenters. The van der Waals surface area contributed by atoms with Crippen LogP contribution in [0.4, 0.5) is 0 Å². The molecule has 100 valence electrons. The Morgan fingerprint density at radius 2 is 1.57 bits per heavy atom. The maximum atomic E-state index is 4.61. The Morgan fingerprint density at radius 1 is 0.810 bits per heavy atom. The monoisotopic (exact) mass is 290 g/mol. The SMILES string of the molecule is c1ccc(-c2ncc3c(-c4ccccn4)csc3n2)nc1. The smallest absolute Gasteiger partial charge is 0.179 e. The van der Waals surface area contributed by atoms with E-state index in [9.17, 15) is 0 Å². The highest BCUT2D eigenvalue weighted by molar-refractivity contribution is 7.17. The molecular formula is C16H10N4S. The lowest BCUT2D eigenvalue weighted by atomic mass is 10.1. The first kappa shape index (κ1) is 12.1. The highest BCUT2D eigenvalue weighted by Gasteiger charge is 2.11. The molecule has 0 aliphatic carbocycles. The van der Waals surface area contributed by atoms with Crippen molar-refractivity contribution < 1.29 is 0 Å². The van der Waals surface area contributed by atoms with Crippen LogP contribution in [-0.4, -0.2) is 19.9 Å². The molecule has 4 heterocycles. The zero-order valence-corrected chi connectivity index (χ0v) is 11.8. The standard InChI is InChI=1S/C16H10N4S/c1-3-7-17-13(5-1)12-10-21-16-11(12)9-19-15(20-16)14-6-2-4-8-18-14/h1-10H. The predicted molar refractivity (Wildman–Crippen MR) is 83.9 cm³/mol. The van der Waals surface area contributed by atoms with E-state index in [0.717, 1.165) is 27.2 Å². The largest absolute Gasteiger partial charge is 0.256 e. The second-order valence-electron chi connectivity index (χ2n) is 4.49. The van der Waals surface area contributed by atoms with Crippen LogP contribution in [0.1, 0.15) is 0 Å². The fraction of sp³-hybridized carbons (Fsp3) is 0. The summed E-state index contributed by atoms with van der Waals surface area (Å²) in [6, 6.07) is 11.6. The summed E-state index contributed by atoms with van der Waals surface area (Å²) in [7, 11) is 0. The van der Waals surface area contributed by atoms with E-state index >= 15 is 0 Å². The summed E-state index contributed by atoms with van der Waals surface area (Å²) in [5.41, 5.74) is 2.80. The van der Waals surface area contributed by atoms with Gasteiger partial charge in [-0.1, -0.05) is 12.1 Å². The van der Waals surface area contributed by atoms with E-state index < -0.39 is 0 Å². The van der Waals surface area contributed by atoms with Crippen molar-refractivity contribution in [2.75, 3.05) is 0 Å². The van der Waals surface area contributed by atoms with Gasteiger partial charge in [-0.25, -0.2) is 9.97 Å². The number of hydrogen-bond acceptors (Lipinski definition) is 5. The van der Waals surface area contributed by atoms with Crippen molar-refractivity contribution in [1.82, 2.24) is 19.9 Å². The molecular weight excluding hydrogens is 280 g/mol. The molecule has 0 saturated carbocycles. The van der Waals surface area contributed by atoms with Gasteiger partial charge in [0, 0.05) is 34.9 Å². The Kier molecular flexibility index (Phi) is 2.90. The first-order valence-corrected chi connectivity index (χ1v) is 7.37. The molecule has 0 saturated heterocycles. The van der Waals surface area contributed by atoms with Crippen LogP contribution in [0.15, 0.2) is 60.4 Å². The molecule has 0 aliphatic rings. The van der Waals surface area contributed by atoms with Gasteiger partial charge in [0.25, 0.3) is 0 Å². The molecule has 5 heteroatoms. The van der Waals surface area contributed by atoms with Crippen molar-refractivity contribution in [2.45, 2.75) is 0 Å². The van der Waals surface area contributed by atoms with Crippen LogP contribution >= 0.6 is 11.3 Å². The van der Waals surface area contributed by atoms with Crippen molar-refractivity contribution in [2.24, 2.45) is 0 Å². The highest BCUT2D eigenvalue weighted by Crippen LogP contribution is 2.32. The third-order valence-electron chi connectivity index (χ3n) is 3.17. The van der Waals surface area contributed by atoms with E-state index in [1.165, 1.54) is 0 Å². The Balaban J connectivity index is 1.85. The summed E-state index contributed by atoms with van der Waals surface area (Å²) in [5, 5.41) is 3.10. The minimum absolute atomic E-state index is 0.650. The molecule has 0 spiro atoms. The van der Waals surface area contributed by atoms with Crippen LogP contribution in [0.3, 0.4) is 0 Å².